The summed E-state index contributed by atoms with van der Waals surface area (Å²) in [6.45, 7) is 1.50. The molecule has 0 saturated carbocycles. The van der Waals surface area contributed by atoms with Crippen LogP contribution >= 0.6 is 0 Å². The molecular weight excluding hydrogens is 249 g/mol. The number of carbonyl (C=O) groups is 2. The van der Waals surface area contributed by atoms with E-state index in [0.29, 0.717) is 0 Å². The summed E-state index contributed by atoms with van der Waals surface area (Å²) in [6.07, 6.45) is 2.02. The average Bonchev–Trinajstić information content (AvgIpc) is 2.91. The fraction of sp³-hybridized carbons (Fsp3) is 0.462. The van der Waals surface area contributed by atoms with Gasteiger partial charge >= 0.3 is 0 Å². The van der Waals surface area contributed by atoms with Crippen molar-refractivity contribution in [3.63, 3.8) is 0 Å². The Bertz CT molecular complexity index is 487. The van der Waals surface area contributed by atoms with E-state index in [2.05, 4.69) is 4.98 Å². The zero-order valence-electron chi connectivity index (χ0n) is 10.8. The van der Waals surface area contributed by atoms with Gasteiger partial charge in [0.1, 0.15) is 5.69 Å². The van der Waals surface area contributed by atoms with Gasteiger partial charge in [-0.15, -0.1) is 0 Å². The molecule has 5 nitrogen and oxygen atoms in total. The highest BCUT2D eigenvalue weighted by molar-refractivity contribution is 5.94. The van der Waals surface area contributed by atoms with Gasteiger partial charge in [-0.2, -0.15) is 4.39 Å². The van der Waals surface area contributed by atoms with Gasteiger partial charge in [0.2, 0.25) is 11.9 Å². The van der Waals surface area contributed by atoms with E-state index in [1.165, 1.54) is 30.1 Å². The summed E-state index contributed by atoms with van der Waals surface area (Å²) in [5, 5.41) is 0. The lowest BCUT2D eigenvalue weighted by Gasteiger charge is -2.21. The van der Waals surface area contributed by atoms with Gasteiger partial charge in [-0.05, 0) is 25.0 Å². The summed E-state index contributed by atoms with van der Waals surface area (Å²) in [5.41, 5.74) is 0.0109. The Morgan fingerprint density at radius 1 is 1.37 bits per heavy atom. The molecule has 1 aliphatic heterocycles. The lowest BCUT2D eigenvalue weighted by Crippen LogP contribution is -2.40. The number of nitrogens with zero attached hydrogens (tertiary/aromatic N) is 3. The van der Waals surface area contributed by atoms with Gasteiger partial charge in [0.15, 0.2) is 0 Å². The van der Waals surface area contributed by atoms with Crippen LogP contribution < -0.4 is 0 Å². The number of pyridine rings is 1. The van der Waals surface area contributed by atoms with E-state index in [-0.39, 0.29) is 18.1 Å². The average molecular weight is 265 g/mol. The molecule has 0 radical (unpaired) electrons. The van der Waals surface area contributed by atoms with Crippen LogP contribution in [0.25, 0.3) is 0 Å². The molecule has 1 aromatic rings. The van der Waals surface area contributed by atoms with Crippen molar-refractivity contribution in [2.75, 3.05) is 26.7 Å². The molecule has 0 aromatic carbocycles. The summed E-state index contributed by atoms with van der Waals surface area (Å²) in [4.78, 5) is 30.4. The second kappa shape index (κ2) is 5.77. The Morgan fingerprint density at radius 2 is 2.05 bits per heavy atom. The van der Waals surface area contributed by atoms with Gasteiger partial charge in [0, 0.05) is 20.1 Å². The van der Waals surface area contributed by atoms with Crippen molar-refractivity contribution in [1.82, 2.24) is 14.8 Å². The first-order valence-electron chi connectivity index (χ1n) is 6.24. The van der Waals surface area contributed by atoms with E-state index in [9.17, 15) is 14.0 Å². The van der Waals surface area contributed by atoms with E-state index in [0.717, 1.165) is 25.9 Å². The Labute approximate surface area is 111 Å². The Kier molecular flexibility index (Phi) is 4.09. The number of rotatable bonds is 3. The van der Waals surface area contributed by atoms with E-state index in [1.54, 1.807) is 4.90 Å². The molecular formula is C13H16FN3O2. The molecule has 19 heavy (non-hydrogen) atoms. The lowest BCUT2D eigenvalue weighted by atomic mass is 10.3. The van der Waals surface area contributed by atoms with E-state index >= 15 is 0 Å². The quantitative estimate of drug-likeness (QED) is 0.763. The predicted octanol–water partition coefficient (Wildman–Crippen LogP) is 0.915. The number of hydrogen-bond donors (Lipinski definition) is 0. The molecule has 0 aliphatic carbocycles. The highest BCUT2D eigenvalue weighted by atomic mass is 19.1. The molecule has 2 rings (SSSR count). The first-order valence-corrected chi connectivity index (χ1v) is 6.24. The van der Waals surface area contributed by atoms with Crippen molar-refractivity contribution in [1.29, 1.82) is 0 Å². The summed E-state index contributed by atoms with van der Waals surface area (Å²) in [7, 11) is 1.52. The highest BCUT2D eigenvalue weighted by Crippen LogP contribution is 2.08. The number of hydrogen-bond acceptors (Lipinski definition) is 3. The Balaban J connectivity index is 1.97. The van der Waals surface area contributed by atoms with Crippen molar-refractivity contribution in [2.24, 2.45) is 0 Å². The van der Waals surface area contributed by atoms with Gasteiger partial charge in [0.25, 0.3) is 5.91 Å². The molecule has 0 N–H and O–H groups in total. The third-order valence-electron chi connectivity index (χ3n) is 3.11. The first-order chi connectivity index (χ1) is 9.08. The standard InChI is InChI=1S/C13H16FN3O2/c1-16(9-12(18)17-7-2-3-8-17)13(19)10-5-4-6-11(14)15-10/h4-6H,2-3,7-9H2,1H3. The molecule has 2 amide bonds. The fourth-order valence-electron chi connectivity index (χ4n) is 2.06. The molecule has 6 heteroatoms. The molecule has 2 heterocycles. The third-order valence-corrected chi connectivity index (χ3v) is 3.11. The zero-order valence-corrected chi connectivity index (χ0v) is 10.8. The molecule has 0 atom stereocenters. The van der Waals surface area contributed by atoms with Crippen LogP contribution in [0.2, 0.25) is 0 Å². The van der Waals surface area contributed by atoms with Gasteiger partial charge in [-0.1, -0.05) is 6.07 Å². The minimum absolute atomic E-state index is 0.00295. The largest absolute Gasteiger partial charge is 0.341 e. The van der Waals surface area contributed by atoms with Gasteiger partial charge in [-0.3, -0.25) is 9.59 Å². The Morgan fingerprint density at radius 3 is 2.68 bits per heavy atom. The van der Waals surface area contributed by atoms with Crippen LogP contribution in [0, 0.1) is 5.95 Å². The second-order valence-corrected chi connectivity index (χ2v) is 4.59. The molecule has 1 aliphatic rings. The monoisotopic (exact) mass is 265 g/mol. The van der Waals surface area contributed by atoms with Gasteiger partial charge in [-0.25, -0.2) is 4.98 Å². The molecule has 1 saturated heterocycles. The summed E-state index contributed by atoms with van der Waals surface area (Å²) < 4.78 is 12.9. The van der Waals surface area contributed by atoms with E-state index in [1.807, 2.05) is 0 Å². The maximum Gasteiger partial charge on any atom is 0.272 e. The van der Waals surface area contributed by atoms with Crippen molar-refractivity contribution < 1.29 is 14.0 Å². The van der Waals surface area contributed by atoms with Crippen molar-refractivity contribution in [3.05, 3.63) is 29.8 Å². The maximum atomic E-state index is 12.9. The third kappa shape index (κ3) is 3.27. The molecule has 0 bridgehead atoms. The number of amides is 2. The summed E-state index contributed by atoms with van der Waals surface area (Å²) in [5.74, 6) is -1.23. The number of likely N-dealkylation sites (N-methyl/N-ethyl adjacent to an activating group) is 1. The number of carbonyl (C=O) groups excluding carboxylic acids is 2. The molecule has 0 spiro atoms. The smallest absolute Gasteiger partial charge is 0.272 e. The van der Waals surface area contributed by atoms with Crippen molar-refractivity contribution >= 4 is 11.8 Å². The van der Waals surface area contributed by atoms with Crippen LogP contribution in [0.3, 0.4) is 0 Å². The topological polar surface area (TPSA) is 53.5 Å². The zero-order chi connectivity index (χ0) is 13.8. The van der Waals surface area contributed by atoms with E-state index < -0.39 is 11.9 Å². The minimum Gasteiger partial charge on any atom is -0.341 e. The van der Waals surface area contributed by atoms with Crippen LogP contribution in [0.5, 0.6) is 0 Å². The van der Waals surface area contributed by atoms with Crippen molar-refractivity contribution in [2.45, 2.75) is 12.8 Å². The second-order valence-electron chi connectivity index (χ2n) is 4.59. The lowest BCUT2D eigenvalue weighted by molar-refractivity contribution is -0.130. The highest BCUT2D eigenvalue weighted by Gasteiger charge is 2.22. The van der Waals surface area contributed by atoms with Crippen LogP contribution in [0.1, 0.15) is 23.3 Å². The van der Waals surface area contributed by atoms with Crippen LogP contribution in [-0.4, -0.2) is 53.3 Å². The van der Waals surface area contributed by atoms with Crippen LogP contribution in [0.4, 0.5) is 4.39 Å². The van der Waals surface area contributed by atoms with Gasteiger partial charge < -0.3 is 9.80 Å². The number of halogens is 1. The van der Waals surface area contributed by atoms with Crippen LogP contribution in [0.15, 0.2) is 18.2 Å². The molecule has 1 aromatic heterocycles. The number of likely N-dealkylation sites (tertiary alicyclic amines) is 1. The first kappa shape index (κ1) is 13.5. The van der Waals surface area contributed by atoms with E-state index in [4.69, 9.17) is 0 Å². The summed E-state index contributed by atoms with van der Waals surface area (Å²) >= 11 is 0. The van der Waals surface area contributed by atoms with Crippen LogP contribution in [-0.2, 0) is 4.79 Å². The van der Waals surface area contributed by atoms with Crippen molar-refractivity contribution in [3.8, 4) is 0 Å². The molecule has 102 valence electrons. The fourth-order valence-corrected chi connectivity index (χ4v) is 2.06. The molecule has 0 unspecified atom stereocenters. The maximum absolute atomic E-state index is 12.9. The predicted molar refractivity (Wildman–Crippen MR) is 67.0 cm³/mol. The Hall–Kier alpha value is -1.98. The minimum atomic E-state index is -0.704. The molecule has 1 fully saturated rings. The number of aromatic nitrogens is 1. The normalized spacial score (nSPS) is 14.5. The summed E-state index contributed by atoms with van der Waals surface area (Å²) in [6, 6.07) is 4.03. The van der Waals surface area contributed by atoms with Gasteiger partial charge in [0.05, 0.1) is 6.54 Å². The SMILES string of the molecule is CN(CC(=O)N1CCCC1)C(=O)c1cccc(F)n1.